The third kappa shape index (κ3) is 4.01. The summed E-state index contributed by atoms with van der Waals surface area (Å²) >= 11 is 3.52. The van der Waals surface area contributed by atoms with Crippen molar-refractivity contribution in [1.29, 1.82) is 0 Å². The number of benzene rings is 1. The van der Waals surface area contributed by atoms with Gasteiger partial charge in [0.15, 0.2) is 0 Å². The molecule has 106 valence electrons. The van der Waals surface area contributed by atoms with Gasteiger partial charge in [-0.3, -0.25) is 0 Å². The quantitative estimate of drug-likeness (QED) is 0.587. The highest BCUT2D eigenvalue weighted by Gasteiger charge is 2.19. The predicted octanol–water partition coefficient (Wildman–Crippen LogP) is 6.07. The fourth-order valence-electron chi connectivity index (χ4n) is 2.92. The molecular formula is C16H21BrF2. The maximum atomic E-state index is 13.8. The van der Waals surface area contributed by atoms with Crippen LogP contribution < -0.4 is 0 Å². The second-order valence-corrected chi connectivity index (χ2v) is 6.78. The maximum absolute atomic E-state index is 13.8. The SMILES string of the molecule is Cc1cc(F)c(C(Br)CCC2CCCCC2)cc1F. The standard InChI is InChI=1S/C16H21BrF2/c1-11-9-16(19)13(10-15(11)18)14(17)8-7-12-5-3-2-4-6-12/h9-10,12,14H,2-8H2,1H3. The van der Waals surface area contributed by atoms with Crippen molar-refractivity contribution in [3.05, 3.63) is 34.9 Å². The number of alkyl halides is 1. The van der Waals surface area contributed by atoms with Gasteiger partial charge in [0, 0.05) is 10.4 Å². The minimum Gasteiger partial charge on any atom is -0.207 e. The molecular weight excluding hydrogens is 310 g/mol. The van der Waals surface area contributed by atoms with Crippen molar-refractivity contribution in [2.24, 2.45) is 5.92 Å². The van der Waals surface area contributed by atoms with Crippen molar-refractivity contribution >= 4 is 15.9 Å². The van der Waals surface area contributed by atoms with E-state index in [1.165, 1.54) is 44.2 Å². The van der Waals surface area contributed by atoms with Gasteiger partial charge in [0.25, 0.3) is 0 Å². The molecule has 1 aromatic rings. The Kier molecular flexibility index (Phi) is 5.37. The van der Waals surface area contributed by atoms with Crippen LogP contribution in [0.2, 0.25) is 0 Å². The molecule has 1 aromatic carbocycles. The Morgan fingerprint density at radius 1 is 1.16 bits per heavy atom. The van der Waals surface area contributed by atoms with Crippen molar-refractivity contribution in [1.82, 2.24) is 0 Å². The fraction of sp³-hybridized carbons (Fsp3) is 0.625. The summed E-state index contributed by atoms with van der Waals surface area (Å²) in [7, 11) is 0. The van der Waals surface area contributed by atoms with E-state index >= 15 is 0 Å². The van der Waals surface area contributed by atoms with Crippen molar-refractivity contribution in [2.45, 2.75) is 56.7 Å². The predicted molar refractivity (Wildman–Crippen MR) is 78.6 cm³/mol. The van der Waals surface area contributed by atoms with Gasteiger partial charge in [-0.25, -0.2) is 8.78 Å². The third-order valence-electron chi connectivity index (χ3n) is 4.17. The van der Waals surface area contributed by atoms with Gasteiger partial charge in [-0.2, -0.15) is 0 Å². The molecule has 1 fully saturated rings. The van der Waals surface area contributed by atoms with Crippen LogP contribution in [0.1, 0.15) is 60.9 Å². The van der Waals surface area contributed by atoms with Crippen LogP contribution in [0.3, 0.4) is 0 Å². The normalized spacial score (nSPS) is 18.5. The summed E-state index contributed by atoms with van der Waals surface area (Å²) in [6.07, 6.45) is 8.58. The first-order valence-electron chi connectivity index (χ1n) is 7.17. The molecule has 1 aliphatic carbocycles. The van der Waals surface area contributed by atoms with Gasteiger partial charge in [-0.15, -0.1) is 0 Å². The molecule has 0 bridgehead atoms. The molecule has 2 rings (SSSR count). The molecule has 1 saturated carbocycles. The zero-order chi connectivity index (χ0) is 13.8. The summed E-state index contributed by atoms with van der Waals surface area (Å²) in [5.41, 5.74) is 0.826. The molecule has 0 amide bonds. The molecule has 0 spiro atoms. The van der Waals surface area contributed by atoms with Gasteiger partial charge in [-0.05, 0) is 43.4 Å². The highest BCUT2D eigenvalue weighted by Crippen LogP contribution is 2.35. The maximum Gasteiger partial charge on any atom is 0.128 e. The molecule has 1 atom stereocenters. The second kappa shape index (κ2) is 6.83. The third-order valence-corrected chi connectivity index (χ3v) is 5.12. The van der Waals surface area contributed by atoms with E-state index in [-0.39, 0.29) is 16.5 Å². The van der Waals surface area contributed by atoms with Crippen LogP contribution in [0.4, 0.5) is 8.78 Å². The van der Waals surface area contributed by atoms with Crippen LogP contribution in [0.25, 0.3) is 0 Å². The summed E-state index contributed by atoms with van der Waals surface area (Å²) in [5.74, 6) is 0.148. The number of hydrogen-bond donors (Lipinski definition) is 0. The number of hydrogen-bond acceptors (Lipinski definition) is 0. The van der Waals surface area contributed by atoms with Crippen LogP contribution in [-0.2, 0) is 0 Å². The van der Waals surface area contributed by atoms with Crippen LogP contribution in [0.15, 0.2) is 12.1 Å². The smallest absolute Gasteiger partial charge is 0.128 e. The van der Waals surface area contributed by atoms with E-state index in [0.29, 0.717) is 11.1 Å². The Hall–Kier alpha value is -0.440. The second-order valence-electron chi connectivity index (χ2n) is 5.67. The van der Waals surface area contributed by atoms with Crippen molar-refractivity contribution in [2.75, 3.05) is 0 Å². The molecule has 0 heterocycles. The molecule has 1 unspecified atom stereocenters. The van der Waals surface area contributed by atoms with Crippen molar-refractivity contribution < 1.29 is 8.78 Å². The summed E-state index contributed by atoms with van der Waals surface area (Å²) in [6, 6.07) is 2.63. The molecule has 19 heavy (non-hydrogen) atoms. The van der Waals surface area contributed by atoms with E-state index in [1.54, 1.807) is 6.92 Å². The molecule has 0 aliphatic heterocycles. The topological polar surface area (TPSA) is 0 Å². The Bertz CT molecular complexity index is 425. The monoisotopic (exact) mass is 330 g/mol. The lowest BCUT2D eigenvalue weighted by atomic mass is 9.85. The lowest BCUT2D eigenvalue weighted by Gasteiger charge is -2.22. The Labute approximate surface area is 122 Å². The first-order valence-corrected chi connectivity index (χ1v) is 8.09. The van der Waals surface area contributed by atoms with Gasteiger partial charge in [0.1, 0.15) is 11.6 Å². The van der Waals surface area contributed by atoms with E-state index < -0.39 is 0 Å². The van der Waals surface area contributed by atoms with Crippen LogP contribution in [0, 0.1) is 24.5 Å². The first kappa shape index (κ1) is 15.0. The van der Waals surface area contributed by atoms with Crippen LogP contribution in [-0.4, -0.2) is 0 Å². The lowest BCUT2D eigenvalue weighted by molar-refractivity contribution is 0.331. The molecule has 1 aliphatic rings. The van der Waals surface area contributed by atoms with Crippen molar-refractivity contribution in [3.8, 4) is 0 Å². The molecule has 0 aromatic heterocycles. The lowest BCUT2D eigenvalue weighted by Crippen LogP contribution is -2.07. The van der Waals surface area contributed by atoms with Gasteiger partial charge >= 0.3 is 0 Å². The van der Waals surface area contributed by atoms with Gasteiger partial charge in [-0.1, -0.05) is 48.0 Å². The van der Waals surface area contributed by atoms with E-state index in [4.69, 9.17) is 0 Å². The van der Waals surface area contributed by atoms with Crippen LogP contribution >= 0.6 is 15.9 Å². The Morgan fingerprint density at radius 3 is 2.53 bits per heavy atom. The zero-order valence-corrected chi connectivity index (χ0v) is 13.0. The minimum absolute atomic E-state index is 0.0791. The minimum atomic E-state index is -0.321. The van der Waals surface area contributed by atoms with E-state index in [2.05, 4.69) is 15.9 Å². The molecule has 0 N–H and O–H groups in total. The van der Waals surface area contributed by atoms with Crippen LogP contribution in [0.5, 0.6) is 0 Å². The van der Waals surface area contributed by atoms with E-state index in [1.807, 2.05) is 0 Å². The summed E-state index contributed by atoms with van der Waals surface area (Å²) in [4.78, 5) is -0.0791. The molecule has 0 radical (unpaired) electrons. The molecule has 3 heteroatoms. The van der Waals surface area contributed by atoms with E-state index in [0.717, 1.165) is 18.8 Å². The average Bonchev–Trinajstić information content (AvgIpc) is 2.41. The summed E-state index contributed by atoms with van der Waals surface area (Å²) < 4.78 is 27.4. The molecule has 0 nitrogen and oxygen atoms in total. The summed E-state index contributed by atoms with van der Waals surface area (Å²) in [6.45, 7) is 1.59. The Morgan fingerprint density at radius 2 is 1.84 bits per heavy atom. The van der Waals surface area contributed by atoms with E-state index in [9.17, 15) is 8.78 Å². The zero-order valence-electron chi connectivity index (χ0n) is 11.4. The fourth-order valence-corrected chi connectivity index (χ4v) is 3.53. The average molecular weight is 331 g/mol. The number of rotatable bonds is 4. The number of aryl methyl sites for hydroxylation is 1. The van der Waals surface area contributed by atoms with Crippen molar-refractivity contribution in [3.63, 3.8) is 0 Å². The first-order chi connectivity index (χ1) is 9.08. The highest BCUT2D eigenvalue weighted by atomic mass is 79.9. The van der Waals surface area contributed by atoms with Gasteiger partial charge in [0.2, 0.25) is 0 Å². The van der Waals surface area contributed by atoms with Gasteiger partial charge in [0.05, 0.1) is 0 Å². The van der Waals surface area contributed by atoms with Gasteiger partial charge < -0.3 is 0 Å². The highest BCUT2D eigenvalue weighted by molar-refractivity contribution is 9.09. The molecule has 0 saturated heterocycles. The Balaban J connectivity index is 1.95. The largest absolute Gasteiger partial charge is 0.207 e. The number of halogens is 3. The summed E-state index contributed by atoms with van der Waals surface area (Å²) in [5, 5.41) is 0.